The topological polar surface area (TPSA) is 67.9 Å². The van der Waals surface area contributed by atoms with Crippen LogP contribution >= 0.6 is 11.6 Å². The zero-order valence-electron chi connectivity index (χ0n) is 14.2. The van der Waals surface area contributed by atoms with Crippen LogP contribution in [0.1, 0.15) is 20.3 Å². The van der Waals surface area contributed by atoms with Gasteiger partial charge < -0.3 is 19.7 Å². The Labute approximate surface area is 150 Å². The van der Waals surface area contributed by atoms with Gasteiger partial charge >= 0.3 is 12.0 Å². The number of urea groups is 1. The summed E-state index contributed by atoms with van der Waals surface area (Å²) < 4.78 is 24.4. The highest BCUT2D eigenvalue weighted by atomic mass is 35.5. The van der Waals surface area contributed by atoms with Crippen molar-refractivity contribution in [2.45, 2.75) is 32.4 Å². The maximum Gasteiger partial charge on any atom is 0.328 e. The minimum absolute atomic E-state index is 0.0804. The zero-order valence-corrected chi connectivity index (χ0v) is 15.0. The van der Waals surface area contributed by atoms with Gasteiger partial charge in [0.15, 0.2) is 0 Å². The molecule has 6 nitrogen and oxygen atoms in total. The molecule has 0 aromatic heterocycles. The van der Waals surface area contributed by atoms with Gasteiger partial charge in [0.25, 0.3) is 0 Å². The van der Waals surface area contributed by atoms with E-state index < -0.39 is 23.9 Å². The Morgan fingerprint density at radius 3 is 2.72 bits per heavy atom. The third-order valence-corrected chi connectivity index (χ3v) is 3.86. The summed E-state index contributed by atoms with van der Waals surface area (Å²) >= 11 is 5.96. The number of anilines is 1. The summed E-state index contributed by atoms with van der Waals surface area (Å²) in [6.07, 6.45) is 3.72. The van der Waals surface area contributed by atoms with Crippen LogP contribution in [-0.2, 0) is 9.53 Å². The quantitative estimate of drug-likeness (QED) is 0.649. The van der Waals surface area contributed by atoms with Crippen molar-refractivity contribution < 1.29 is 23.5 Å². The highest BCUT2D eigenvalue weighted by molar-refractivity contribution is 6.32. The van der Waals surface area contributed by atoms with E-state index in [0.717, 1.165) is 6.07 Å². The van der Waals surface area contributed by atoms with Gasteiger partial charge in [-0.2, -0.15) is 0 Å². The number of ether oxygens (including phenoxy) is 2. The summed E-state index contributed by atoms with van der Waals surface area (Å²) in [5.41, 5.74) is -0.0804. The predicted octanol–water partition coefficient (Wildman–Crippen LogP) is 3.60. The minimum atomic E-state index is -0.753. The molecular weight excluding hydrogens is 351 g/mol. The number of rotatable bonds is 4. The molecule has 0 aliphatic carbocycles. The van der Waals surface area contributed by atoms with E-state index in [2.05, 4.69) is 5.32 Å². The number of benzene rings is 1. The van der Waals surface area contributed by atoms with Crippen LogP contribution in [0.25, 0.3) is 0 Å². The van der Waals surface area contributed by atoms with Crippen LogP contribution < -0.4 is 10.1 Å². The third kappa shape index (κ3) is 4.63. The SMILES string of the molecule is COC(=O)C1CC=CCN1C(=O)Nc1cc(OC(C)C)c(Cl)cc1F. The molecule has 0 bridgehead atoms. The maximum absolute atomic E-state index is 14.1. The molecule has 1 heterocycles. The fourth-order valence-electron chi connectivity index (χ4n) is 2.41. The highest BCUT2D eigenvalue weighted by Gasteiger charge is 2.31. The molecule has 0 saturated heterocycles. The molecule has 0 radical (unpaired) electrons. The second-order valence-corrected chi connectivity index (χ2v) is 6.16. The number of halogens is 2. The Balaban J connectivity index is 2.21. The molecule has 1 unspecified atom stereocenters. The second-order valence-electron chi connectivity index (χ2n) is 5.76. The van der Waals surface area contributed by atoms with Gasteiger partial charge in [0.05, 0.1) is 23.9 Å². The Morgan fingerprint density at radius 2 is 2.08 bits per heavy atom. The van der Waals surface area contributed by atoms with Crippen LogP contribution in [0.2, 0.25) is 5.02 Å². The van der Waals surface area contributed by atoms with Gasteiger partial charge in [0.1, 0.15) is 17.6 Å². The van der Waals surface area contributed by atoms with E-state index >= 15 is 0 Å². The zero-order chi connectivity index (χ0) is 18.6. The lowest BCUT2D eigenvalue weighted by atomic mass is 10.1. The first-order chi connectivity index (χ1) is 11.8. The number of hydrogen-bond donors (Lipinski definition) is 1. The van der Waals surface area contributed by atoms with Crippen LogP contribution in [0, 0.1) is 5.82 Å². The standard InChI is InChI=1S/C17H20ClFN2O4/c1-10(2)25-15-9-13(12(19)8-11(15)18)20-17(23)21-7-5-4-6-14(21)16(22)24-3/h4-5,8-10,14H,6-7H2,1-3H3,(H,20,23). The smallest absolute Gasteiger partial charge is 0.328 e. The van der Waals surface area contributed by atoms with E-state index in [0.29, 0.717) is 6.42 Å². The first-order valence-corrected chi connectivity index (χ1v) is 8.17. The highest BCUT2D eigenvalue weighted by Crippen LogP contribution is 2.31. The molecule has 2 amide bonds. The molecular formula is C17H20ClFN2O4. The molecule has 0 saturated carbocycles. The van der Waals surface area contributed by atoms with Crippen molar-refractivity contribution >= 4 is 29.3 Å². The monoisotopic (exact) mass is 370 g/mol. The van der Waals surface area contributed by atoms with E-state index in [1.165, 1.54) is 18.1 Å². The maximum atomic E-state index is 14.1. The number of carbonyl (C=O) groups is 2. The molecule has 1 aliphatic heterocycles. The van der Waals surface area contributed by atoms with Gasteiger partial charge in [-0.05, 0) is 26.3 Å². The summed E-state index contributed by atoms with van der Waals surface area (Å²) in [5.74, 6) is -0.965. The van der Waals surface area contributed by atoms with Gasteiger partial charge in [-0.15, -0.1) is 0 Å². The average molecular weight is 371 g/mol. The van der Waals surface area contributed by atoms with E-state index in [-0.39, 0.29) is 29.1 Å². The first kappa shape index (κ1) is 19.1. The normalized spacial score (nSPS) is 16.7. The lowest BCUT2D eigenvalue weighted by Crippen LogP contribution is -2.48. The van der Waals surface area contributed by atoms with Crippen molar-refractivity contribution in [1.82, 2.24) is 4.90 Å². The van der Waals surface area contributed by atoms with Gasteiger partial charge in [0, 0.05) is 12.6 Å². The molecule has 0 fully saturated rings. The molecule has 1 aliphatic rings. The van der Waals surface area contributed by atoms with Crippen molar-refractivity contribution in [2.75, 3.05) is 19.0 Å². The largest absolute Gasteiger partial charge is 0.489 e. The number of esters is 1. The number of hydrogen-bond acceptors (Lipinski definition) is 4. The lowest BCUT2D eigenvalue weighted by Gasteiger charge is -2.31. The number of carbonyl (C=O) groups excluding carboxylic acids is 2. The molecule has 1 atom stereocenters. The van der Waals surface area contributed by atoms with Crippen molar-refractivity contribution in [3.8, 4) is 5.75 Å². The molecule has 1 aromatic carbocycles. The minimum Gasteiger partial charge on any atom is -0.489 e. The van der Waals surface area contributed by atoms with Gasteiger partial charge in [0.2, 0.25) is 0 Å². The van der Waals surface area contributed by atoms with Gasteiger partial charge in [-0.3, -0.25) is 0 Å². The van der Waals surface area contributed by atoms with Crippen molar-refractivity contribution in [2.24, 2.45) is 0 Å². The molecule has 8 heteroatoms. The van der Waals surface area contributed by atoms with Crippen LogP contribution in [0.3, 0.4) is 0 Å². The Bertz CT molecular complexity index is 693. The second kappa shape index (κ2) is 8.20. The average Bonchev–Trinajstić information content (AvgIpc) is 2.58. The van der Waals surface area contributed by atoms with E-state index in [1.54, 1.807) is 26.0 Å². The molecule has 25 heavy (non-hydrogen) atoms. The number of nitrogens with zero attached hydrogens (tertiary/aromatic N) is 1. The first-order valence-electron chi connectivity index (χ1n) is 7.79. The summed E-state index contributed by atoms with van der Waals surface area (Å²) in [5, 5.41) is 2.57. The van der Waals surface area contributed by atoms with Gasteiger partial charge in [-0.1, -0.05) is 23.8 Å². The Kier molecular flexibility index (Phi) is 6.25. The fraction of sp³-hybridized carbons (Fsp3) is 0.412. The van der Waals surface area contributed by atoms with Crippen molar-refractivity contribution in [3.63, 3.8) is 0 Å². The van der Waals surface area contributed by atoms with E-state index in [9.17, 15) is 14.0 Å². The molecule has 1 aromatic rings. The Hall–Kier alpha value is -2.28. The number of methoxy groups -OCH3 is 1. The summed E-state index contributed by atoms with van der Waals surface area (Å²) in [6.45, 7) is 3.83. The summed E-state index contributed by atoms with van der Waals surface area (Å²) in [7, 11) is 1.26. The molecule has 1 N–H and O–H groups in total. The van der Waals surface area contributed by atoms with E-state index in [4.69, 9.17) is 21.1 Å². The molecule has 136 valence electrons. The van der Waals surface area contributed by atoms with E-state index in [1.807, 2.05) is 0 Å². The van der Waals surface area contributed by atoms with Crippen LogP contribution in [0.4, 0.5) is 14.9 Å². The lowest BCUT2D eigenvalue weighted by molar-refractivity contribution is -0.145. The van der Waals surface area contributed by atoms with Crippen molar-refractivity contribution in [3.05, 3.63) is 35.1 Å². The molecule has 0 spiro atoms. The van der Waals surface area contributed by atoms with Crippen LogP contribution in [0.15, 0.2) is 24.3 Å². The van der Waals surface area contributed by atoms with Crippen molar-refractivity contribution in [1.29, 1.82) is 0 Å². The number of amides is 2. The number of nitrogens with one attached hydrogen (secondary N) is 1. The predicted molar refractivity (Wildman–Crippen MR) is 92.5 cm³/mol. The van der Waals surface area contributed by atoms with Gasteiger partial charge in [-0.25, -0.2) is 14.0 Å². The third-order valence-electron chi connectivity index (χ3n) is 3.56. The van der Waals surface area contributed by atoms with Crippen LogP contribution in [-0.4, -0.2) is 42.7 Å². The fourth-order valence-corrected chi connectivity index (χ4v) is 2.60. The van der Waals surface area contributed by atoms with Crippen LogP contribution in [0.5, 0.6) is 5.75 Å². The molecule has 2 rings (SSSR count). The summed E-state index contributed by atoms with van der Waals surface area (Å²) in [6, 6.07) is 1.03. The summed E-state index contributed by atoms with van der Waals surface area (Å²) in [4.78, 5) is 25.6. The Morgan fingerprint density at radius 1 is 1.36 bits per heavy atom.